The van der Waals surface area contributed by atoms with E-state index in [0.29, 0.717) is 11.1 Å². The fraction of sp³-hybridized carbons (Fsp3) is 0.304. The van der Waals surface area contributed by atoms with E-state index in [1.807, 2.05) is 0 Å². The SMILES string of the molecule is Cc1cc2c(cc(C(=O)NC(C)c3ccc(S(=O)(=O)C4CCOC4=O)cc3)n2C)c(F)c1F. The number of nitrogens with one attached hydrogen (secondary N) is 1. The van der Waals surface area contributed by atoms with Gasteiger partial charge in [-0.25, -0.2) is 17.2 Å². The van der Waals surface area contributed by atoms with Crippen molar-refractivity contribution < 1.29 is 31.5 Å². The summed E-state index contributed by atoms with van der Waals surface area (Å²) in [5.74, 6) is -3.20. The van der Waals surface area contributed by atoms with Gasteiger partial charge in [0.25, 0.3) is 5.91 Å². The lowest BCUT2D eigenvalue weighted by atomic mass is 10.1. The lowest BCUT2D eigenvalue weighted by Gasteiger charge is -2.16. The average Bonchev–Trinajstić information content (AvgIpc) is 3.36. The molecule has 1 aliphatic rings. The minimum absolute atomic E-state index is 0.00446. The standard InChI is InChI=1S/C23H22F2N2O5S/c1-12-10-17-16(21(25)20(12)24)11-18(27(17)3)22(28)26-13(2)14-4-6-15(7-5-14)33(30,31)19-8-9-32-23(19)29/h4-7,10-11,13,19H,8-9H2,1-3H3,(H,26,28). The third kappa shape index (κ3) is 3.88. The maximum atomic E-state index is 14.3. The minimum Gasteiger partial charge on any atom is -0.465 e. The highest BCUT2D eigenvalue weighted by atomic mass is 32.2. The van der Waals surface area contributed by atoms with Gasteiger partial charge >= 0.3 is 5.97 Å². The summed E-state index contributed by atoms with van der Waals surface area (Å²) in [4.78, 5) is 24.5. The van der Waals surface area contributed by atoms with Gasteiger partial charge in [-0.1, -0.05) is 12.1 Å². The van der Waals surface area contributed by atoms with Gasteiger partial charge in [0.15, 0.2) is 26.7 Å². The number of benzene rings is 2. The van der Waals surface area contributed by atoms with Crippen molar-refractivity contribution in [2.75, 3.05) is 6.61 Å². The lowest BCUT2D eigenvalue weighted by molar-refractivity contribution is -0.137. The van der Waals surface area contributed by atoms with Crippen molar-refractivity contribution in [2.45, 2.75) is 36.5 Å². The summed E-state index contributed by atoms with van der Waals surface area (Å²) in [6, 6.07) is 8.15. The highest BCUT2D eigenvalue weighted by Gasteiger charge is 2.39. The highest BCUT2D eigenvalue weighted by molar-refractivity contribution is 7.92. The summed E-state index contributed by atoms with van der Waals surface area (Å²) >= 11 is 0. The van der Waals surface area contributed by atoms with Crippen LogP contribution in [0.15, 0.2) is 41.3 Å². The second-order valence-corrected chi connectivity index (χ2v) is 10.2. The number of cyclic esters (lactones) is 1. The van der Waals surface area contributed by atoms with E-state index in [-0.39, 0.29) is 34.6 Å². The zero-order valence-corrected chi connectivity index (χ0v) is 19.0. The Morgan fingerprint density at radius 3 is 2.45 bits per heavy atom. The van der Waals surface area contributed by atoms with Crippen LogP contribution in [0.25, 0.3) is 10.9 Å². The second kappa shape index (κ2) is 8.26. The van der Waals surface area contributed by atoms with Crippen LogP contribution in [0, 0.1) is 18.6 Å². The predicted octanol–water partition coefficient (Wildman–Crippen LogP) is 3.35. The fourth-order valence-corrected chi connectivity index (χ4v) is 5.54. The van der Waals surface area contributed by atoms with E-state index in [2.05, 4.69) is 5.32 Å². The molecular formula is C23H22F2N2O5S. The van der Waals surface area contributed by atoms with E-state index in [1.54, 1.807) is 26.1 Å². The summed E-state index contributed by atoms with van der Waals surface area (Å²) in [5, 5.41) is 1.59. The summed E-state index contributed by atoms with van der Waals surface area (Å²) in [7, 11) is -2.27. The molecule has 1 N–H and O–H groups in total. The number of sulfone groups is 1. The number of esters is 1. The van der Waals surface area contributed by atoms with Crippen LogP contribution < -0.4 is 5.32 Å². The Morgan fingerprint density at radius 1 is 1.18 bits per heavy atom. The molecule has 0 spiro atoms. The Hall–Kier alpha value is -3.27. The van der Waals surface area contributed by atoms with Crippen molar-refractivity contribution in [1.29, 1.82) is 0 Å². The van der Waals surface area contributed by atoms with Crippen LogP contribution in [0.1, 0.15) is 41.0 Å². The zero-order chi connectivity index (χ0) is 24.1. The molecule has 10 heteroatoms. The quantitative estimate of drug-likeness (QED) is 0.570. The number of hydrogen-bond donors (Lipinski definition) is 1. The van der Waals surface area contributed by atoms with Gasteiger partial charge in [0.1, 0.15) is 5.69 Å². The number of aromatic nitrogens is 1. The summed E-state index contributed by atoms with van der Waals surface area (Å²) in [6.07, 6.45) is 0.115. The van der Waals surface area contributed by atoms with Gasteiger partial charge in [-0.3, -0.25) is 9.59 Å². The number of fused-ring (bicyclic) bond motifs is 1. The van der Waals surface area contributed by atoms with Crippen LogP contribution in [0.4, 0.5) is 8.78 Å². The molecule has 0 aliphatic carbocycles. The number of ether oxygens (including phenoxy) is 1. The van der Waals surface area contributed by atoms with Crippen LogP contribution in [-0.4, -0.2) is 36.7 Å². The number of aryl methyl sites for hydroxylation is 2. The molecule has 2 atom stereocenters. The van der Waals surface area contributed by atoms with Gasteiger partial charge in [-0.05, 0) is 49.2 Å². The van der Waals surface area contributed by atoms with Crippen molar-refractivity contribution in [2.24, 2.45) is 7.05 Å². The van der Waals surface area contributed by atoms with E-state index < -0.39 is 44.6 Å². The topological polar surface area (TPSA) is 94.5 Å². The third-order valence-corrected chi connectivity index (χ3v) is 8.07. The summed E-state index contributed by atoms with van der Waals surface area (Å²) in [5.41, 5.74) is 1.31. The number of carbonyl (C=O) groups excluding carboxylic acids is 2. The first-order chi connectivity index (χ1) is 15.5. The number of rotatable bonds is 5. The predicted molar refractivity (Wildman–Crippen MR) is 116 cm³/mol. The average molecular weight is 477 g/mol. The fourth-order valence-electron chi connectivity index (χ4n) is 3.97. The molecular weight excluding hydrogens is 454 g/mol. The Kier molecular flexibility index (Phi) is 5.73. The lowest BCUT2D eigenvalue weighted by Crippen LogP contribution is -2.28. The van der Waals surface area contributed by atoms with Gasteiger partial charge in [-0.15, -0.1) is 0 Å². The van der Waals surface area contributed by atoms with Crippen LogP contribution in [0.5, 0.6) is 0 Å². The molecule has 0 radical (unpaired) electrons. The molecule has 1 saturated heterocycles. The van der Waals surface area contributed by atoms with E-state index in [9.17, 15) is 26.8 Å². The van der Waals surface area contributed by atoms with E-state index in [1.165, 1.54) is 35.8 Å². The van der Waals surface area contributed by atoms with Crippen molar-refractivity contribution in [3.05, 3.63) is 64.9 Å². The largest absolute Gasteiger partial charge is 0.465 e. The van der Waals surface area contributed by atoms with Crippen molar-refractivity contribution in [3.63, 3.8) is 0 Å². The van der Waals surface area contributed by atoms with Crippen molar-refractivity contribution in [3.8, 4) is 0 Å². The smallest absolute Gasteiger partial charge is 0.324 e. The number of carbonyl (C=O) groups is 2. The van der Waals surface area contributed by atoms with Gasteiger partial charge in [0.05, 0.1) is 23.1 Å². The second-order valence-electron chi connectivity index (χ2n) is 8.10. The molecule has 33 heavy (non-hydrogen) atoms. The van der Waals surface area contributed by atoms with Gasteiger partial charge in [0, 0.05) is 18.9 Å². The highest BCUT2D eigenvalue weighted by Crippen LogP contribution is 2.27. The van der Waals surface area contributed by atoms with E-state index >= 15 is 0 Å². The molecule has 2 heterocycles. The van der Waals surface area contributed by atoms with Gasteiger partial charge in [-0.2, -0.15) is 0 Å². The number of hydrogen-bond acceptors (Lipinski definition) is 5. The molecule has 1 amide bonds. The third-order valence-electron chi connectivity index (χ3n) is 5.96. The molecule has 1 aromatic heterocycles. The molecule has 174 valence electrons. The maximum Gasteiger partial charge on any atom is 0.324 e. The Bertz CT molecular complexity index is 1380. The normalized spacial score (nSPS) is 17.2. The van der Waals surface area contributed by atoms with Crippen molar-refractivity contribution in [1.82, 2.24) is 9.88 Å². The number of amides is 1. The van der Waals surface area contributed by atoms with Crippen LogP contribution in [0.2, 0.25) is 0 Å². The molecule has 0 bridgehead atoms. The minimum atomic E-state index is -3.86. The molecule has 2 aromatic carbocycles. The molecule has 3 aromatic rings. The van der Waals surface area contributed by atoms with Crippen LogP contribution in [0.3, 0.4) is 0 Å². The molecule has 4 rings (SSSR count). The molecule has 7 nitrogen and oxygen atoms in total. The molecule has 0 saturated carbocycles. The Balaban J connectivity index is 1.55. The number of halogens is 2. The van der Waals surface area contributed by atoms with E-state index in [4.69, 9.17) is 4.74 Å². The monoisotopic (exact) mass is 476 g/mol. The molecule has 2 unspecified atom stereocenters. The van der Waals surface area contributed by atoms with Crippen LogP contribution in [-0.2, 0) is 26.4 Å². The summed E-state index contributed by atoms with van der Waals surface area (Å²) in [6.45, 7) is 3.24. The first-order valence-electron chi connectivity index (χ1n) is 10.3. The molecule has 1 aliphatic heterocycles. The maximum absolute atomic E-state index is 14.3. The molecule has 1 fully saturated rings. The van der Waals surface area contributed by atoms with E-state index in [0.717, 1.165) is 0 Å². The first-order valence-corrected chi connectivity index (χ1v) is 11.8. The first kappa shape index (κ1) is 22.9. The summed E-state index contributed by atoms with van der Waals surface area (Å²) < 4.78 is 59.8. The van der Waals surface area contributed by atoms with Crippen LogP contribution >= 0.6 is 0 Å². The van der Waals surface area contributed by atoms with Crippen molar-refractivity contribution >= 4 is 32.6 Å². The Morgan fingerprint density at radius 2 is 1.85 bits per heavy atom. The zero-order valence-electron chi connectivity index (χ0n) is 18.2. The van der Waals surface area contributed by atoms with Gasteiger partial charge < -0.3 is 14.6 Å². The number of nitrogens with zero attached hydrogens (tertiary/aromatic N) is 1. The van der Waals surface area contributed by atoms with Gasteiger partial charge in [0.2, 0.25) is 0 Å². The Labute approximate surface area is 189 Å².